The first kappa shape index (κ1) is 15.9. The van der Waals surface area contributed by atoms with Gasteiger partial charge in [-0.2, -0.15) is 0 Å². The van der Waals surface area contributed by atoms with Gasteiger partial charge in [0.1, 0.15) is 12.1 Å². The van der Waals surface area contributed by atoms with Crippen molar-refractivity contribution in [3.63, 3.8) is 0 Å². The Kier molecular flexibility index (Phi) is 5.05. The number of nitrogens with one attached hydrogen (secondary N) is 2. The third kappa shape index (κ3) is 3.79. The highest BCUT2D eigenvalue weighted by molar-refractivity contribution is 5.74. The number of benzene rings is 1. The zero-order valence-electron chi connectivity index (χ0n) is 12.3. The second kappa shape index (κ2) is 6.99. The summed E-state index contributed by atoms with van der Waals surface area (Å²) >= 11 is 0. The number of aliphatic hydroxyl groups is 1. The zero-order chi connectivity index (χ0) is 16.1. The number of rotatable bonds is 5. The zero-order valence-corrected chi connectivity index (χ0v) is 12.3. The summed E-state index contributed by atoms with van der Waals surface area (Å²) in [5.41, 5.74) is 0.143. The highest BCUT2D eigenvalue weighted by Crippen LogP contribution is 2.15. The van der Waals surface area contributed by atoms with Gasteiger partial charge in [0, 0.05) is 19.2 Å². The molecule has 2 rings (SSSR count). The highest BCUT2D eigenvalue weighted by atomic mass is 19.1. The van der Waals surface area contributed by atoms with Crippen molar-refractivity contribution in [2.45, 2.75) is 19.1 Å². The fourth-order valence-electron chi connectivity index (χ4n) is 2.04. The van der Waals surface area contributed by atoms with Gasteiger partial charge in [-0.05, 0) is 13.0 Å². The van der Waals surface area contributed by atoms with E-state index in [1.807, 2.05) is 0 Å². The molecule has 1 aromatic carbocycles. The second-order valence-electron chi connectivity index (χ2n) is 4.91. The quantitative estimate of drug-likeness (QED) is 0.770. The Balaban J connectivity index is 1.85. The van der Waals surface area contributed by atoms with E-state index in [1.165, 1.54) is 24.5 Å². The average Bonchev–Trinajstić information content (AvgIpc) is 2.91. The predicted molar refractivity (Wildman–Crippen MR) is 77.3 cm³/mol. The van der Waals surface area contributed by atoms with Gasteiger partial charge in [-0.15, -0.1) is 10.2 Å². The molecule has 2 atom stereocenters. The molecule has 2 unspecified atom stereocenters. The van der Waals surface area contributed by atoms with Crippen LogP contribution >= 0.6 is 0 Å². The summed E-state index contributed by atoms with van der Waals surface area (Å²) in [5, 5.41) is 22.7. The Morgan fingerprint density at radius 1 is 1.45 bits per heavy atom. The Bertz CT molecular complexity index is 646. The van der Waals surface area contributed by atoms with E-state index in [4.69, 9.17) is 0 Å². The third-order valence-corrected chi connectivity index (χ3v) is 3.20. The van der Waals surface area contributed by atoms with Crippen LogP contribution in [0.15, 0.2) is 30.6 Å². The third-order valence-electron chi connectivity index (χ3n) is 3.20. The first-order valence-corrected chi connectivity index (χ1v) is 6.79. The smallest absolute Gasteiger partial charge is 0.315 e. The van der Waals surface area contributed by atoms with Crippen molar-refractivity contribution in [3.8, 4) is 0 Å². The molecule has 2 amide bonds. The number of urea groups is 1. The van der Waals surface area contributed by atoms with Crippen molar-refractivity contribution in [2.24, 2.45) is 7.05 Å². The van der Waals surface area contributed by atoms with E-state index in [1.54, 1.807) is 24.6 Å². The minimum Gasteiger partial charge on any atom is -0.386 e. The summed E-state index contributed by atoms with van der Waals surface area (Å²) in [6, 6.07) is 5.06. The van der Waals surface area contributed by atoms with Crippen LogP contribution < -0.4 is 10.6 Å². The maximum atomic E-state index is 13.5. The number of carbonyl (C=O) groups excluding carboxylic acids is 1. The number of hydrogen-bond donors (Lipinski definition) is 3. The summed E-state index contributed by atoms with van der Waals surface area (Å²) in [6.07, 6.45) is 0.421. The maximum Gasteiger partial charge on any atom is 0.315 e. The van der Waals surface area contributed by atoms with E-state index in [0.29, 0.717) is 5.82 Å². The minimum atomic E-state index is -1.11. The van der Waals surface area contributed by atoms with Gasteiger partial charge in [0.2, 0.25) is 0 Å². The molecule has 2 aromatic rings. The fourth-order valence-corrected chi connectivity index (χ4v) is 2.04. The molecule has 1 heterocycles. The molecular weight excluding hydrogens is 289 g/mol. The molecule has 0 radical (unpaired) electrons. The van der Waals surface area contributed by atoms with E-state index in [9.17, 15) is 14.3 Å². The number of carbonyl (C=O) groups is 1. The lowest BCUT2D eigenvalue weighted by Crippen LogP contribution is -2.39. The van der Waals surface area contributed by atoms with Gasteiger partial charge in [0.25, 0.3) is 0 Å². The lowest BCUT2D eigenvalue weighted by Gasteiger charge is -2.16. The van der Waals surface area contributed by atoms with E-state index in [2.05, 4.69) is 20.8 Å². The SMILES string of the molecule is CC(NC(=O)NCC(O)c1ccccc1F)c1nncn1C. The maximum absolute atomic E-state index is 13.5. The van der Waals surface area contributed by atoms with Crippen LogP contribution in [0.2, 0.25) is 0 Å². The fraction of sp³-hybridized carbons (Fsp3) is 0.357. The van der Waals surface area contributed by atoms with Crippen molar-refractivity contribution in [1.82, 2.24) is 25.4 Å². The molecule has 118 valence electrons. The topological polar surface area (TPSA) is 92.1 Å². The molecule has 0 spiro atoms. The average molecular weight is 307 g/mol. The van der Waals surface area contributed by atoms with Gasteiger partial charge in [-0.1, -0.05) is 18.2 Å². The van der Waals surface area contributed by atoms with Gasteiger partial charge in [-0.25, -0.2) is 9.18 Å². The highest BCUT2D eigenvalue weighted by Gasteiger charge is 2.16. The van der Waals surface area contributed by atoms with Gasteiger partial charge in [-0.3, -0.25) is 0 Å². The molecule has 0 saturated heterocycles. The van der Waals surface area contributed by atoms with Gasteiger partial charge < -0.3 is 20.3 Å². The van der Waals surface area contributed by atoms with E-state index >= 15 is 0 Å². The lowest BCUT2D eigenvalue weighted by molar-refractivity contribution is 0.168. The van der Waals surface area contributed by atoms with Crippen LogP contribution in [0.4, 0.5) is 9.18 Å². The van der Waals surface area contributed by atoms with Crippen molar-refractivity contribution in [1.29, 1.82) is 0 Å². The molecule has 22 heavy (non-hydrogen) atoms. The number of aromatic nitrogens is 3. The van der Waals surface area contributed by atoms with Crippen molar-refractivity contribution < 1.29 is 14.3 Å². The molecule has 0 fully saturated rings. The molecule has 0 aliphatic heterocycles. The summed E-state index contributed by atoms with van der Waals surface area (Å²) in [5.74, 6) is 0.0921. The molecule has 0 aliphatic rings. The predicted octanol–water partition coefficient (Wildman–Crippen LogP) is 1.05. The lowest BCUT2D eigenvalue weighted by atomic mass is 10.1. The van der Waals surface area contributed by atoms with E-state index < -0.39 is 18.0 Å². The number of halogens is 1. The number of amides is 2. The van der Waals surface area contributed by atoms with Crippen LogP contribution in [0.1, 0.15) is 30.5 Å². The molecule has 3 N–H and O–H groups in total. The second-order valence-corrected chi connectivity index (χ2v) is 4.91. The first-order valence-electron chi connectivity index (χ1n) is 6.79. The van der Waals surface area contributed by atoms with Crippen LogP contribution in [0.5, 0.6) is 0 Å². The summed E-state index contributed by atoms with van der Waals surface area (Å²) in [4.78, 5) is 11.8. The van der Waals surface area contributed by atoms with Gasteiger partial charge >= 0.3 is 6.03 Å². The summed E-state index contributed by atoms with van der Waals surface area (Å²) in [7, 11) is 1.77. The number of hydrogen-bond acceptors (Lipinski definition) is 4. The molecule has 1 aromatic heterocycles. The van der Waals surface area contributed by atoms with Crippen molar-refractivity contribution >= 4 is 6.03 Å². The Morgan fingerprint density at radius 2 is 2.18 bits per heavy atom. The number of nitrogens with zero attached hydrogens (tertiary/aromatic N) is 3. The van der Waals surface area contributed by atoms with Crippen LogP contribution in [0.25, 0.3) is 0 Å². The van der Waals surface area contributed by atoms with Crippen LogP contribution in [0.3, 0.4) is 0 Å². The Morgan fingerprint density at radius 3 is 2.82 bits per heavy atom. The van der Waals surface area contributed by atoms with Crippen molar-refractivity contribution in [3.05, 3.63) is 47.8 Å². The molecule has 0 aliphatic carbocycles. The molecular formula is C14H18FN5O2. The molecule has 0 saturated carbocycles. The molecule has 0 bridgehead atoms. The molecule has 8 heteroatoms. The van der Waals surface area contributed by atoms with E-state index in [-0.39, 0.29) is 18.2 Å². The number of aliphatic hydroxyl groups excluding tert-OH is 1. The van der Waals surface area contributed by atoms with Gasteiger partial charge in [0.05, 0.1) is 12.1 Å². The summed E-state index contributed by atoms with van der Waals surface area (Å²) in [6.45, 7) is 1.66. The largest absolute Gasteiger partial charge is 0.386 e. The molecule has 7 nitrogen and oxygen atoms in total. The summed E-state index contributed by atoms with van der Waals surface area (Å²) < 4.78 is 15.2. The van der Waals surface area contributed by atoms with Crippen LogP contribution in [-0.2, 0) is 7.05 Å². The van der Waals surface area contributed by atoms with Gasteiger partial charge in [0.15, 0.2) is 5.82 Å². The normalized spacial score (nSPS) is 13.5. The van der Waals surface area contributed by atoms with Crippen molar-refractivity contribution in [2.75, 3.05) is 6.54 Å². The van der Waals surface area contributed by atoms with Crippen LogP contribution in [-0.4, -0.2) is 32.4 Å². The standard InChI is InChI=1S/C14H18FN5O2/c1-9(13-19-17-8-20(13)2)18-14(22)16-7-12(21)10-5-3-4-6-11(10)15/h3-6,8-9,12,21H,7H2,1-2H3,(H2,16,18,22). The minimum absolute atomic E-state index is 0.0989. The van der Waals surface area contributed by atoms with Crippen LogP contribution in [0, 0.1) is 5.82 Å². The monoisotopic (exact) mass is 307 g/mol. The Hall–Kier alpha value is -2.48. The Labute approximate surface area is 127 Å². The number of aryl methyl sites for hydroxylation is 1. The first-order chi connectivity index (χ1) is 10.5. The van der Waals surface area contributed by atoms with E-state index in [0.717, 1.165) is 0 Å².